The fraction of sp³-hybridized carbons (Fsp3) is 0.476. The Balaban J connectivity index is 1.38. The summed E-state index contributed by atoms with van der Waals surface area (Å²) in [5, 5.41) is 1.99. The first-order valence-corrected chi connectivity index (χ1v) is 12.7. The second-order valence-electron chi connectivity index (χ2n) is 7.76. The zero-order valence-electron chi connectivity index (χ0n) is 16.4. The van der Waals surface area contributed by atoms with Gasteiger partial charge in [-0.1, -0.05) is 24.3 Å². The van der Waals surface area contributed by atoms with Crippen LogP contribution in [-0.2, 0) is 21.2 Å². The van der Waals surface area contributed by atoms with Gasteiger partial charge < -0.3 is 9.80 Å². The molecule has 0 aliphatic carbocycles. The van der Waals surface area contributed by atoms with Crippen molar-refractivity contribution in [3.05, 3.63) is 52.7 Å². The minimum absolute atomic E-state index is 0.0358. The van der Waals surface area contributed by atoms with Crippen molar-refractivity contribution >= 4 is 32.8 Å². The minimum Gasteiger partial charge on any atom is -0.369 e. The first kappa shape index (κ1) is 20.4. The lowest BCUT2D eigenvalue weighted by Gasteiger charge is -2.37. The van der Waals surface area contributed by atoms with Crippen molar-refractivity contribution in [3.63, 3.8) is 0 Å². The topological polar surface area (TPSA) is 60.9 Å². The van der Waals surface area contributed by atoms with Crippen molar-refractivity contribution < 1.29 is 13.2 Å². The molecule has 2 saturated heterocycles. The van der Waals surface area contributed by atoms with Crippen LogP contribution in [0.15, 0.2) is 47.8 Å². The van der Waals surface area contributed by atoms with Gasteiger partial charge in [0.25, 0.3) is 0 Å². The molecule has 1 unspecified atom stereocenters. The number of rotatable bonds is 6. The number of hydrogen-bond donors (Lipinski definition) is 0. The maximum Gasteiger partial charge on any atom is 0.237 e. The largest absolute Gasteiger partial charge is 0.369 e. The molecule has 8 heteroatoms. The molecule has 2 fully saturated rings. The van der Waals surface area contributed by atoms with Crippen LogP contribution in [0.25, 0.3) is 0 Å². The van der Waals surface area contributed by atoms with E-state index in [1.807, 2.05) is 35.7 Å². The predicted octanol–water partition coefficient (Wildman–Crippen LogP) is 2.09. The summed E-state index contributed by atoms with van der Waals surface area (Å²) < 4.78 is 24.0. The van der Waals surface area contributed by atoms with Crippen LogP contribution in [0.5, 0.6) is 0 Å². The highest BCUT2D eigenvalue weighted by atomic mass is 32.2. The van der Waals surface area contributed by atoms with Gasteiger partial charge in [-0.2, -0.15) is 0 Å². The van der Waals surface area contributed by atoms with Gasteiger partial charge in [0.05, 0.1) is 24.6 Å². The van der Waals surface area contributed by atoms with Crippen molar-refractivity contribution in [3.8, 4) is 0 Å². The number of piperazine rings is 1. The third-order valence-electron chi connectivity index (χ3n) is 5.73. The summed E-state index contributed by atoms with van der Waals surface area (Å²) in [6.45, 7) is 4.29. The monoisotopic (exact) mass is 433 g/mol. The number of para-hydroxylation sites is 1. The molecule has 6 nitrogen and oxygen atoms in total. The van der Waals surface area contributed by atoms with E-state index in [1.165, 1.54) is 5.69 Å². The summed E-state index contributed by atoms with van der Waals surface area (Å²) in [6, 6.07) is 14.1. The van der Waals surface area contributed by atoms with E-state index in [2.05, 4.69) is 21.9 Å². The highest BCUT2D eigenvalue weighted by Crippen LogP contribution is 2.23. The SMILES string of the molecule is O=C(CN1CCN(c2ccccc2)CC1)N(Cc1cccs1)C1CCS(=O)(=O)C1. The molecule has 1 amide bonds. The molecule has 0 N–H and O–H groups in total. The molecule has 0 bridgehead atoms. The summed E-state index contributed by atoms with van der Waals surface area (Å²) >= 11 is 1.61. The van der Waals surface area contributed by atoms with Crippen molar-refractivity contribution in [2.75, 3.05) is 49.1 Å². The van der Waals surface area contributed by atoms with Gasteiger partial charge in [0.2, 0.25) is 5.91 Å². The molecular formula is C21H27N3O3S2. The minimum atomic E-state index is -3.03. The molecule has 1 atom stereocenters. The van der Waals surface area contributed by atoms with E-state index in [4.69, 9.17) is 0 Å². The molecule has 1 aromatic carbocycles. The molecule has 2 aliphatic heterocycles. The van der Waals surface area contributed by atoms with Gasteiger partial charge in [-0.15, -0.1) is 11.3 Å². The van der Waals surface area contributed by atoms with Crippen LogP contribution in [0.3, 0.4) is 0 Å². The highest BCUT2D eigenvalue weighted by Gasteiger charge is 2.35. The van der Waals surface area contributed by atoms with E-state index in [-0.39, 0.29) is 23.5 Å². The Labute approximate surface area is 176 Å². The van der Waals surface area contributed by atoms with Crippen LogP contribution in [0.2, 0.25) is 0 Å². The zero-order valence-corrected chi connectivity index (χ0v) is 18.1. The summed E-state index contributed by atoms with van der Waals surface area (Å²) in [5.41, 5.74) is 1.22. The lowest BCUT2D eigenvalue weighted by Crippen LogP contribution is -2.51. The van der Waals surface area contributed by atoms with E-state index in [0.29, 0.717) is 19.5 Å². The third kappa shape index (κ3) is 5.18. The Morgan fingerprint density at radius 3 is 2.45 bits per heavy atom. The van der Waals surface area contributed by atoms with Gasteiger partial charge in [-0.3, -0.25) is 9.69 Å². The lowest BCUT2D eigenvalue weighted by atomic mass is 10.2. The van der Waals surface area contributed by atoms with Gasteiger partial charge in [0, 0.05) is 42.8 Å². The van der Waals surface area contributed by atoms with E-state index < -0.39 is 9.84 Å². The summed E-state index contributed by atoms with van der Waals surface area (Å²) in [5.74, 6) is 0.307. The maximum atomic E-state index is 13.2. The smallest absolute Gasteiger partial charge is 0.237 e. The lowest BCUT2D eigenvalue weighted by molar-refractivity contribution is -0.135. The molecule has 2 aromatic rings. The number of carbonyl (C=O) groups excluding carboxylic acids is 1. The van der Waals surface area contributed by atoms with Crippen LogP contribution in [0, 0.1) is 0 Å². The van der Waals surface area contributed by atoms with E-state index >= 15 is 0 Å². The molecule has 1 aromatic heterocycles. The Bertz CT molecular complexity index is 908. The number of hydrogen-bond acceptors (Lipinski definition) is 6. The molecule has 4 rings (SSSR count). The van der Waals surface area contributed by atoms with Crippen molar-refractivity contribution in [1.29, 1.82) is 0 Å². The second-order valence-corrected chi connectivity index (χ2v) is 11.0. The Morgan fingerprint density at radius 2 is 1.83 bits per heavy atom. The first-order chi connectivity index (χ1) is 14.0. The van der Waals surface area contributed by atoms with Crippen LogP contribution < -0.4 is 4.90 Å². The molecule has 0 spiro atoms. The summed E-state index contributed by atoms with van der Waals surface area (Å²) in [7, 11) is -3.03. The van der Waals surface area contributed by atoms with Gasteiger partial charge in [0.15, 0.2) is 9.84 Å². The molecular weight excluding hydrogens is 406 g/mol. The molecule has 0 saturated carbocycles. The van der Waals surface area contributed by atoms with Crippen LogP contribution in [0.4, 0.5) is 5.69 Å². The first-order valence-electron chi connectivity index (χ1n) is 10.0. The quantitative estimate of drug-likeness (QED) is 0.698. The van der Waals surface area contributed by atoms with Gasteiger partial charge in [-0.05, 0) is 30.0 Å². The summed E-state index contributed by atoms with van der Waals surface area (Å²) in [4.78, 5) is 20.6. The van der Waals surface area contributed by atoms with Crippen molar-refractivity contribution in [1.82, 2.24) is 9.80 Å². The average molecular weight is 434 g/mol. The normalized spacial score (nSPS) is 21.9. The van der Waals surface area contributed by atoms with Crippen molar-refractivity contribution in [2.45, 2.75) is 19.0 Å². The summed E-state index contributed by atoms with van der Waals surface area (Å²) in [6.07, 6.45) is 0.543. The molecule has 0 radical (unpaired) electrons. The van der Waals surface area contributed by atoms with E-state index in [1.54, 1.807) is 16.2 Å². The molecule has 156 valence electrons. The second kappa shape index (κ2) is 8.85. The Hall–Kier alpha value is -1.90. The standard InChI is InChI=1S/C21H27N3O3S2/c25-21(16-22-9-11-23(12-10-22)18-5-2-1-3-6-18)24(15-20-7-4-13-28-20)19-8-14-29(26,27)17-19/h1-7,13,19H,8-12,14-17H2. The third-order valence-corrected chi connectivity index (χ3v) is 8.34. The number of amides is 1. The van der Waals surface area contributed by atoms with Crippen LogP contribution >= 0.6 is 11.3 Å². The van der Waals surface area contributed by atoms with Gasteiger partial charge in [0.1, 0.15) is 0 Å². The molecule has 2 aliphatic rings. The number of anilines is 1. The fourth-order valence-electron chi connectivity index (χ4n) is 4.10. The number of thiophene rings is 1. The Kier molecular flexibility index (Phi) is 6.22. The number of carbonyl (C=O) groups is 1. The van der Waals surface area contributed by atoms with Crippen LogP contribution in [0.1, 0.15) is 11.3 Å². The Morgan fingerprint density at radius 1 is 1.07 bits per heavy atom. The predicted molar refractivity (Wildman–Crippen MR) is 117 cm³/mol. The van der Waals surface area contributed by atoms with Crippen molar-refractivity contribution in [2.24, 2.45) is 0 Å². The zero-order chi connectivity index (χ0) is 20.3. The fourth-order valence-corrected chi connectivity index (χ4v) is 6.53. The average Bonchev–Trinajstić information content (AvgIpc) is 3.36. The van der Waals surface area contributed by atoms with Gasteiger partial charge in [-0.25, -0.2) is 8.42 Å². The van der Waals surface area contributed by atoms with E-state index in [9.17, 15) is 13.2 Å². The number of benzene rings is 1. The number of nitrogens with zero attached hydrogens (tertiary/aromatic N) is 3. The highest BCUT2D eigenvalue weighted by molar-refractivity contribution is 7.91. The van der Waals surface area contributed by atoms with Crippen LogP contribution in [-0.4, -0.2) is 74.4 Å². The maximum absolute atomic E-state index is 13.2. The van der Waals surface area contributed by atoms with E-state index in [0.717, 1.165) is 31.1 Å². The van der Waals surface area contributed by atoms with Gasteiger partial charge >= 0.3 is 0 Å². The molecule has 3 heterocycles. The number of sulfone groups is 1. The molecule has 29 heavy (non-hydrogen) atoms.